The molecule has 152 valence electrons. The average Bonchev–Trinajstić information content (AvgIpc) is 3.09. The molecule has 1 aliphatic rings. The lowest BCUT2D eigenvalue weighted by molar-refractivity contribution is 0.0718. The number of rotatable bonds is 5. The number of ether oxygens (including phenoxy) is 1. The number of carbonyl (C=O) groups is 1. The number of methoxy groups -OCH3 is 1. The predicted octanol–water partition coefficient (Wildman–Crippen LogP) is 3.27. The van der Waals surface area contributed by atoms with Crippen molar-refractivity contribution in [2.75, 3.05) is 7.11 Å². The van der Waals surface area contributed by atoms with Gasteiger partial charge in [0, 0.05) is 18.8 Å². The molecule has 1 amide bonds. The van der Waals surface area contributed by atoms with E-state index in [9.17, 15) is 14.3 Å². The topological polar surface area (TPSA) is 76.4 Å². The van der Waals surface area contributed by atoms with E-state index in [1.165, 1.54) is 19.2 Å². The summed E-state index contributed by atoms with van der Waals surface area (Å²) in [5.74, 6) is -0.132. The largest absolute Gasteiger partial charge is 0.481 e. The van der Waals surface area contributed by atoms with Gasteiger partial charge in [0.25, 0.3) is 5.91 Å². The maximum Gasteiger partial charge on any atom is 0.255 e. The summed E-state index contributed by atoms with van der Waals surface area (Å²) in [5, 5.41) is 13.2. The number of fused-ring (bicyclic) bond motifs is 1. The van der Waals surface area contributed by atoms with Gasteiger partial charge in [0.1, 0.15) is 11.3 Å². The van der Waals surface area contributed by atoms with Gasteiger partial charge in [0.15, 0.2) is 0 Å². The van der Waals surface area contributed by atoms with Crippen molar-refractivity contribution in [1.82, 2.24) is 14.9 Å². The summed E-state index contributed by atoms with van der Waals surface area (Å²) < 4.78 is 20.4. The number of hydrogen-bond donors (Lipinski definition) is 2. The van der Waals surface area contributed by atoms with E-state index in [1.807, 2.05) is 10.6 Å². The van der Waals surface area contributed by atoms with E-state index in [0.717, 1.165) is 30.3 Å². The molecule has 1 aromatic carbocycles. The minimum Gasteiger partial charge on any atom is -0.481 e. The van der Waals surface area contributed by atoms with Crippen molar-refractivity contribution in [3.05, 3.63) is 59.5 Å². The van der Waals surface area contributed by atoms with E-state index >= 15 is 0 Å². The Morgan fingerprint density at radius 2 is 2.00 bits per heavy atom. The fraction of sp³-hybridized carbons (Fsp3) is 0.364. The van der Waals surface area contributed by atoms with Gasteiger partial charge in [0.2, 0.25) is 5.88 Å². The summed E-state index contributed by atoms with van der Waals surface area (Å²) in [6.45, 7) is 0.476. The van der Waals surface area contributed by atoms with Crippen LogP contribution in [0, 0.1) is 5.82 Å². The molecule has 0 bridgehead atoms. The molecule has 0 aliphatic heterocycles. The first kappa shape index (κ1) is 19.4. The first-order valence-electron chi connectivity index (χ1n) is 9.82. The van der Waals surface area contributed by atoms with Gasteiger partial charge in [0.05, 0.1) is 30.3 Å². The number of halogens is 1. The highest BCUT2D eigenvalue weighted by molar-refractivity contribution is 6.05. The number of aromatic nitrogens is 2. The van der Waals surface area contributed by atoms with E-state index in [0.29, 0.717) is 29.9 Å². The number of pyridine rings is 1. The van der Waals surface area contributed by atoms with Crippen molar-refractivity contribution in [2.24, 2.45) is 0 Å². The van der Waals surface area contributed by atoms with Gasteiger partial charge in [-0.15, -0.1) is 0 Å². The third-order valence-electron chi connectivity index (χ3n) is 5.46. The fourth-order valence-corrected chi connectivity index (χ4v) is 3.87. The molecule has 2 atom stereocenters. The van der Waals surface area contributed by atoms with Crippen LogP contribution in [0.3, 0.4) is 0 Å². The minimum atomic E-state index is -0.525. The Morgan fingerprint density at radius 3 is 2.72 bits per heavy atom. The molecule has 4 rings (SSSR count). The quantitative estimate of drug-likeness (QED) is 0.693. The van der Waals surface area contributed by atoms with Gasteiger partial charge in [-0.25, -0.2) is 9.37 Å². The molecule has 2 heterocycles. The van der Waals surface area contributed by atoms with Crippen LogP contribution in [0.2, 0.25) is 0 Å². The van der Waals surface area contributed by atoms with Crippen LogP contribution in [0.25, 0.3) is 11.0 Å². The lowest BCUT2D eigenvalue weighted by atomic mass is 9.92. The molecule has 1 saturated carbocycles. The second-order valence-corrected chi connectivity index (χ2v) is 7.45. The summed E-state index contributed by atoms with van der Waals surface area (Å²) in [6.07, 6.45) is 4.65. The summed E-state index contributed by atoms with van der Waals surface area (Å²) in [6, 6.07) is 9.62. The number of aliphatic hydroxyl groups is 1. The maximum atomic E-state index is 13.2. The molecular formula is C22H24FN3O3. The second-order valence-electron chi connectivity index (χ2n) is 7.45. The normalized spacial score (nSPS) is 19.3. The van der Waals surface area contributed by atoms with Crippen molar-refractivity contribution in [3.8, 4) is 5.88 Å². The number of carbonyl (C=O) groups excluding carboxylic acids is 1. The van der Waals surface area contributed by atoms with E-state index in [-0.39, 0.29) is 17.8 Å². The molecule has 1 aliphatic carbocycles. The summed E-state index contributed by atoms with van der Waals surface area (Å²) >= 11 is 0. The van der Waals surface area contributed by atoms with Crippen LogP contribution in [0.5, 0.6) is 5.88 Å². The van der Waals surface area contributed by atoms with Gasteiger partial charge in [-0.1, -0.05) is 25.0 Å². The lowest BCUT2D eigenvalue weighted by Gasteiger charge is -2.28. The highest BCUT2D eigenvalue weighted by Crippen LogP contribution is 2.25. The molecule has 7 heteroatoms. The van der Waals surface area contributed by atoms with Crippen LogP contribution in [0.15, 0.2) is 42.6 Å². The van der Waals surface area contributed by atoms with Crippen LogP contribution in [-0.2, 0) is 6.54 Å². The predicted molar refractivity (Wildman–Crippen MR) is 108 cm³/mol. The molecule has 6 nitrogen and oxygen atoms in total. The summed E-state index contributed by atoms with van der Waals surface area (Å²) in [4.78, 5) is 17.5. The van der Waals surface area contributed by atoms with Gasteiger partial charge >= 0.3 is 0 Å². The fourth-order valence-electron chi connectivity index (χ4n) is 3.87. The van der Waals surface area contributed by atoms with Crippen LogP contribution < -0.4 is 10.1 Å². The van der Waals surface area contributed by atoms with Crippen molar-refractivity contribution in [3.63, 3.8) is 0 Å². The SMILES string of the molecule is COc1ccc2c(n1)c(C(=O)N[C@@H]1CCCC[C@@H]1O)cn2Cc1ccc(F)cc1. The Hall–Kier alpha value is -2.93. The molecule has 3 aromatic rings. The number of nitrogens with zero attached hydrogens (tertiary/aromatic N) is 2. The molecule has 1 fully saturated rings. The maximum absolute atomic E-state index is 13.2. The Kier molecular flexibility index (Phi) is 5.49. The average molecular weight is 397 g/mol. The zero-order valence-corrected chi connectivity index (χ0v) is 16.3. The highest BCUT2D eigenvalue weighted by Gasteiger charge is 2.26. The Bertz CT molecular complexity index is 1020. The number of nitrogens with one attached hydrogen (secondary N) is 1. The van der Waals surface area contributed by atoms with Gasteiger partial charge in [-0.05, 0) is 36.6 Å². The number of benzene rings is 1. The van der Waals surface area contributed by atoms with Crippen molar-refractivity contribution >= 4 is 16.9 Å². The second kappa shape index (κ2) is 8.21. The molecule has 2 aromatic heterocycles. The third kappa shape index (κ3) is 4.10. The van der Waals surface area contributed by atoms with Crippen LogP contribution in [0.4, 0.5) is 4.39 Å². The first-order valence-corrected chi connectivity index (χ1v) is 9.82. The molecule has 0 spiro atoms. The first-order chi connectivity index (χ1) is 14.0. The van der Waals surface area contributed by atoms with Crippen LogP contribution in [0.1, 0.15) is 41.6 Å². The summed E-state index contributed by atoms with van der Waals surface area (Å²) in [5.41, 5.74) is 2.66. The van der Waals surface area contributed by atoms with Crippen molar-refractivity contribution in [2.45, 2.75) is 44.4 Å². The van der Waals surface area contributed by atoms with E-state index < -0.39 is 6.10 Å². The lowest BCUT2D eigenvalue weighted by Crippen LogP contribution is -2.45. The zero-order valence-electron chi connectivity index (χ0n) is 16.3. The molecule has 2 N–H and O–H groups in total. The number of amides is 1. The Balaban J connectivity index is 1.68. The zero-order chi connectivity index (χ0) is 20.4. The monoisotopic (exact) mass is 397 g/mol. The minimum absolute atomic E-state index is 0.252. The van der Waals surface area contributed by atoms with E-state index in [1.54, 1.807) is 24.4 Å². The van der Waals surface area contributed by atoms with Crippen LogP contribution in [-0.4, -0.2) is 39.8 Å². The van der Waals surface area contributed by atoms with E-state index in [4.69, 9.17) is 4.74 Å². The molecule has 29 heavy (non-hydrogen) atoms. The van der Waals surface area contributed by atoms with Gasteiger partial charge < -0.3 is 19.7 Å². The molecule has 0 radical (unpaired) electrons. The standard InChI is InChI=1S/C22H24FN3O3/c1-29-20-11-10-18-21(25-20)16(22(28)24-17-4-2-3-5-19(17)27)13-26(18)12-14-6-8-15(23)9-7-14/h6-11,13,17,19,27H,2-5,12H2,1H3,(H,24,28)/t17-,19+/m1/s1. The Morgan fingerprint density at radius 1 is 1.24 bits per heavy atom. The molecule has 0 unspecified atom stereocenters. The third-order valence-corrected chi connectivity index (χ3v) is 5.46. The number of aliphatic hydroxyl groups excluding tert-OH is 1. The molecule has 0 saturated heterocycles. The van der Waals surface area contributed by atoms with Crippen molar-refractivity contribution in [1.29, 1.82) is 0 Å². The smallest absolute Gasteiger partial charge is 0.255 e. The van der Waals surface area contributed by atoms with Crippen molar-refractivity contribution < 1.29 is 19.0 Å². The Labute approximate surface area is 168 Å². The van der Waals surface area contributed by atoms with Gasteiger partial charge in [-0.3, -0.25) is 4.79 Å². The molecular weight excluding hydrogens is 373 g/mol. The van der Waals surface area contributed by atoms with Gasteiger partial charge in [-0.2, -0.15) is 0 Å². The van der Waals surface area contributed by atoms with E-state index in [2.05, 4.69) is 10.3 Å². The number of hydrogen-bond acceptors (Lipinski definition) is 4. The summed E-state index contributed by atoms with van der Waals surface area (Å²) in [7, 11) is 1.53. The highest BCUT2D eigenvalue weighted by atomic mass is 19.1. The van der Waals surface area contributed by atoms with Crippen LogP contribution >= 0.6 is 0 Å².